The van der Waals surface area contributed by atoms with Gasteiger partial charge in [0.05, 0.1) is 10.6 Å². The molecule has 0 N–H and O–H groups in total. The van der Waals surface area contributed by atoms with E-state index in [1.807, 2.05) is 0 Å². The van der Waals surface area contributed by atoms with Crippen molar-refractivity contribution in [3.05, 3.63) is 28.2 Å². The van der Waals surface area contributed by atoms with Gasteiger partial charge in [0, 0.05) is 0 Å². The molecule has 1 saturated carbocycles. The van der Waals surface area contributed by atoms with E-state index in [4.69, 9.17) is 4.74 Å². The van der Waals surface area contributed by atoms with E-state index < -0.39 is 0 Å². The van der Waals surface area contributed by atoms with Crippen LogP contribution >= 0.6 is 15.9 Å². The Labute approximate surface area is 113 Å². The molecular weight excluding hydrogens is 276 g/mol. The van der Waals surface area contributed by atoms with Crippen LogP contribution in [0.2, 0.25) is 0 Å². The van der Waals surface area contributed by atoms with Crippen molar-refractivity contribution in [1.29, 1.82) is 0 Å². The summed E-state index contributed by atoms with van der Waals surface area (Å²) in [6, 6.07) is 6.30. The fraction of sp³-hybridized carbons (Fsp3) is 0.600. The Morgan fingerprint density at radius 2 is 1.76 bits per heavy atom. The van der Waals surface area contributed by atoms with Crippen LogP contribution in [0.3, 0.4) is 0 Å². The van der Waals surface area contributed by atoms with E-state index in [2.05, 4.69) is 54.9 Å². The molecule has 0 saturated heterocycles. The fourth-order valence-electron chi connectivity index (χ4n) is 2.85. The molecule has 1 fully saturated rings. The zero-order valence-electron chi connectivity index (χ0n) is 10.9. The number of rotatable bonds is 2. The highest BCUT2D eigenvalue weighted by Crippen LogP contribution is 2.34. The van der Waals surface area contributed by atoms with Crippen LogP contribution in [0.4, 0.5) is 0 Å². The molecule has 1 nitrogen and oxygen atoms in total. The molecule has 1 aliphatic rings. The third kappa shape index (κ3) is 3.48. The molecule has 2 heteroatoms. The van der Waals surface area contributed by atoms with Gasteiger partial charge in [0.15, 0.2) is 0 Å². The van der Waals surface area contributed by atoms with Gasteiger partial charge >= 0.3 is 0 Å². The molecule has 0 amide bonds. The second kappa shape index (κ2) is 5.43. The lowest BCUT2D eigenvalue weighted by Crippen LogP contribution is -2.28. The van der Waals surface area contributed by atoms with E-state index in [1.165, 1.54) is 24.8 Å². The molecule has 1 aromatic carbocycles. The zero-order chi connectivity index (χ0) is 12.4. The zero-order valence-corrected chi connectivity index (χ0v) is 12.5. The van der Waals surface area contributed by atoms with Gasteiger partial charge in [-0.2, -0.15) is 0 Å². The van der Waals surface area contributed by atoms with Crippen LogP contribution in [0.1, 0.15) is 38.7 Å². The molecule has 2 atom stereocenters. The molecule has 2 unspecified atom stereocenters. The van der Waals surface area contributed by atoms with Crippen LogP contribution < -0.4 is 4.74 Å². The summed E-state index contributed by atoms with van der Waals surface area (Å²) in [5, 5.41) is 0. The molecule has 94 valence electrons. The maximum atomic E-state index is 6.14. The van der Waals surface area contributed by atoms with Crippen LogP contribution in [0.15, 0.2) is 22.7 Å². The highest BCUT2D eigenvalue weighted by Gasteiger charge is 2.25. The van der Waals surface area contributed by atoms with Crippen molar-refractivity contribution in [2.24, 2.45) is 11.8 Å². The Bertz CT molecular complexity index is 379. The van der Waals surface area contributed by atoms with E-state index in [-0.39, 0.29) is 0 Å². The predicted octanol–water partition coefficient (Wildman–Crippen LogP) is 4.96. The van der Waals surface area contributed by atoms with E-state index >= 15 is 0 Å². The van der Waals surface area contributed by atoms with Gasteiger partial charge in [-0.1, -0.05) is 19.9 Å². The van der Waals surface area contributed by atoms with Crippen molar-refractivity contribution in [2.45, 2.75) is 46.1 Å². The van der Waals surface area contributed by atoms with E-state index in [9.17, 15) is 0 Å². The largest absolute Gasteiger partial charge is 0.489 e. The Hall–Kier alpha value is -0.500. The van der Waals surface area contributed by atoms with Gasteiger partial charge in [-0.05, 0) is 71.6 Å². The molecular formula is C15H21BrO. The van der Waals surface area contributed by atoms with Crippen LogP contribution in [0, 0.1) is 18.8 Å². The highest BCUT2D eigenvalue weighted by atomic mass is 79.9. The van der Waals surface area contributed by atoms with Crippen LogP contribution in [0.25, 0.3) is 0 Å². The normalized spacial score (nSPS) is 29.1. The first-order valence-corrected chi connectivity index (χ1v) is 7.26. The van der Waals surface area contributed by atoms with Crippen molar-refractivity contribution in [3.63, 3.8) is 0 Å². The fourth-order valence-corrected chi connectivity index (χ4v) is 3.44. The van der Waals surface area contributed by atoms with Gasteiger partial charge in [0.1, 0.15) is 5.75 Å². The summed E-state index contributed by atoms with van der Waals surface area (Å²) in [7, 11) is 0. The Kier molecular flexibility index (Phi) is 4.13. The lowest BCUT2D eigenvalue weighted by Gasteiger charge is -2.32. The summed E-state index contributed by atoms with van der Waals surface area (Å²) < 4.78 is 7.21. The third-order valence-electron chi connectivity index (χ3n) is 3.52. The first-order valence-electron chi connectivity index (χ1n) is 6.47. The number of benzene rings is 1. The van der Waals surface area contributed by atoms with Crippen molar-refractivity contribution in [1.82, 2.24) is 0 Å². The monoisotopic (exact) mass is 296 g/mol. The maximum Gasteiger partial charge on any atom is 0.133 e. The third-order valence-corrected chi connectivity index (χ3v) is 4.14. The minimum atomic E-state index is 0.382. The summed E-state index contributed by atoms with van der Waals surface area (Å²) >= 11 is 3.58. The number of hydrogen-bond donors (Lipinski definition) is 0. The SMILES string of the molecule is Cc1ccc(OC2CC(C)CC(C)C2)c(Br)c1. The van der Waals surface area contributed by atoms with E-state index in [1.54, 1.807) is 0 Å². The molecule has 0 aromatic heterocycles. The molecule has 1 aromatic rings. The molecule has 2 rings (SSSR count). The average Bonchev–Trinajstić information content (AvgIpc) is 2.21. The van der Waals surface area contributed by atoms with E-state index in [0.29, 0.717) is 6.10 Å². The summed E-state index contributed by atoms with van der Waals surface area (Å²) in [6.45, 7) is 6.76. The standard InChI is InChI=1S/C15H21BrO/c1-10-4-5-15(14(16)9-10)17-13-7-11(2)6-12(3)8-13/h4-5,9,11-13H,6-8H2,1-3H3. The van der Waals surface area contributed by atoms with E-state index in [0.717, 1.165) is 22.1 Å². The van der Waals surface area contributed by atoms with Gasteiger partial charge in [0.2, 0.25) is 0 Å². The van der Waals surface area contributed by atoms with Crippen molar-refractivity contribution in [3.8, 4) is 5.75 Å². The maximum absolute atomic E-state index is 6.14. The van der Waals surface area contributed by atoms with Crippen molar-refractivity contribution >= 4 is 15.9 Å². The lowest BCUT2D eigenvalue weighted by atomic mass is 9.82. The Morgan fingerprint density at radius 1 is 1.12 bits per heavy atom. The molecule has 0 bridgehead atoms. The van der Waals surface area contributed by atoms with Crippen LogP contribution in [-0.4, -0.2) is 6.10 Å². The molecule has 0 spiro atoms. The minimum absolute atomic E-state index is 0.382. The molecule has 0 radical (unpaired) electrons. The Balaban J connectivity index is 2.04. The van der Waals surface area contributed by atoms with Gasteiger partial charge < -0.3 is 4.74 Å². The molecule has 0 heterocycles. The second-order valence-corrected chi connectivity index (χ2v) is 6.45. The summed E-state index contributed by atoms with van der Waals surface area (Å²) in [5.41, 5.74) is 1.26. The minimum Gasteiger partial charge on any atom is -0.489 e. The smallest absolute Gasteiger partial charge is 0.133 e. The first kappa shape index (κ1) is 12.9. The number of ether oxygens (including phenoxy) is 1. The van der Waals surface area contributed by atoms with Gasteiger partial charge in [-0.15, -0.1) is 0 Å². The number of hydrogen-bond acceptors (Lipinski definition) is 1. The van der Waals surface area contributed by atoms with Gasteiger partial charge in [0.25, 0.3) is 0 Å². The predicted molar refractivity (Wildman–Crippen MR) is 75.5 cm³/mol. The topological polar surface area (TPSA) is 9.23 Å². The summed E-state index contributed by atoms with van der Waals surface area (Å²) in [6.07, 6.45) is 4.09. The second-order valence-electron chi connectivity index (χ2n) is 5.59. The molecule has 0 aliphatic heterocycles. The summed E-state index contributed by atoms with van der Waals surface area (Å²) in [5.74, 6) is 2.56. The number of aryl methyl sites for hydroxylation is 1. The average molecular weight is 297 g/mol. The van der Waals surface area contributed by atoms with Crippen LogP contribution in [-0.2, 0) is 0 Å². The number of halogens is 1. The Morgan fingerprint density at radius 3 is 2.35 bits per heavy atom. The molecule has 17 heavy (non-hydrogen) atoms. The van der Waals surface area contributed by atoms with Gasteiger partial charge in [-0.3, -0.25) is 0 Å². The van der Waals surface area contributed by atoms with Crippen LogP contribution in [0.5, 0.6) is 5.75 Å². The summed E-state index contributed by atoms with van der Waals surface area (Å²) in [4.78, 5) is 0. The lowest BCUT2D eigenvalue weighted by molar-refractivity contribution is 0.100. The highest BCUT2D eigenvalue weighted by molar-refractivity contribution is 9.10. The first-order chi connectivity index (χ1) is 8.04. The van der Waals surface area contributed by atoms with Crippen molar-refractivity contribution < 1.29 is 4.74 Å². The quantitative estimate of drug-likeness (QED) is 0.749. The van der Waals surface area contributed by atoms with Gasteiger partial charge in [-0.25, -0.2) is 0 Å². The molecule has 1 aliphatic carbocycles. The van der Waals surface area contributed by atoms with Crippen molar-refractivity contribution in [2.75, 3.05) is 0 Å².